The Labute approximate surface area is 124 Å². The van der Waals surface area contributed by atoms with Gasteiger partial charge in [0.1, 0.15) is 5.60 Å². The minimum absolute atomic E-state index is 0.0685. The Kier molecular flexibility index (Phi) is 7.52. The molecular formula is C15H33N3O2. The van der Waals surface area contributed by atoms with E-state index in [1.54, 1.807) is 0 Å². The second kappa shape index (κ2) is 7.84. The van der Waals surface area contributed by atoms with Crippen LogP contribution in [0.4, 0.5) is 4.79 Å². The van der Waals surface area contributed by atoms with Crippen LogP contribution in [0.5, 0.6) is 0 Å². The van der Waals surface area contributed by atoms with Gasteiger partial charge in [-0.25, -0.2) is 4.79 Å². The monoisotopic (exact) mass is 287 g/mol. The van der Waals surface area contributed by atoms with Crippen LogP contribution < -0.4 is 11.1 Å². The highest BCUT2D eigenvalue weighted by Crippen LogP contribution is 2.14. The third kappa shape index (κ3) is 6.57. The van der Waals surface area contributed by atoms with Gasteiger partial charge in [-0.1, -0.05) is 13.8 Å². The van der Waals surface area contributed by atoms with Crippen molar-refractivity contribution < 1.29 is 9.53 Å². The zero-order valence-electron chi connectivity index (χ0n) is 14.4. The molecule has 120 valence electrons. The van der Waals surface area contributed by atoms with Crippen LogP contribution in [-0.2, 0) is 4.74 Å². The molecule has 0 fully saturated rings. The van der Waals surface area contributed by atoms with Gasteiger partial charge < -0.3 is 15.8 Å². The van der Waals surface area contributed by atoms with Gasteiger partial charge in [-0.2, -0.15) is 0 Å². The minimum Gasteiger partial charge on any atom is -0.444 e. The number of nitrogens with zero attached hydrogens (tertiary/aromatic N) is 1. The highest BCUT2D eigenvalue weighted by Gasteiger charge is 2.27. The first-order valence-corrected chi connectivity index (χ1v) is 7.41. The lowest BCUT2D eigenvalue weighted by Gasteiger charge is -2.38. The van der Waals surface area contributed by atoms with E-state index in [4.69, 9.17) is 10.5 Å². The Hall–Kier alpha value is -0.810. The lowest BCUT2D eigenvalue weighted by atomic mass is 10.0. The molecule has 0 aromatic carbocycles. The summed E-state index contributed by atoms with van der Waals surface area (Å²) in [6.45, 7) is 14.5. The number of nitrogens with one attached hydrogen (secondary N) is 1. The summed E-state index contributed by atoms with van der Waals surface area (Å²) in [6.07, 6.45) is -0.394. The smallest absolute Gasteiger partial charge is 0.407 e. The van der Waals surface area contributed by atoms with E-state index >= 15 is 0 Å². The van der Waals surface area contributed by atoms with Gasteiger partial charge in [-0.3, -0.25) is 4.90 Å². The molecule has 0 radical (unpaired) electrons. The molecule has 1 amide bonds. The highest BCUT2D eigenvalue weighted by atomic mass is 16.6. The van der Waals surface area contributed by atoms with E-state index in [1.165, 1.54) is 0 Å². The van der Waals surface area contributed by atoms with Crippen LogP contribution in [0, 0.1) is 5.92 Å². The molecule has 3 N–H and O–H groups in total. The van der Waals surface area contributed by atoms with E-state index in [9.17, 15) is 4.79 Å². The normalized spacial score (nSPS) is 16.9. The van der Waals surface area contributed by atoms with Crippen LogP contribution in [0.3, 0.4) is 0 Å². The van der Waals surface area contributed by atoms with Crippen molar-refractivity contribution in [3.8, 4) is 0 Å². The topological polar surface area (TPSA) is 67.6 Å². The Balaban J connectivity index is 4.62. The van der Waals surface area contributed by atoms with Crippen LogP contribution in [-0.4, -0.2) is 48.3 Å². The van der Waals surface area contributed by atoms with Crippen molar-refractivity contribution in [1.29, 1.82) is 0 Å². The number of amides is 1. The molecule has 0 saturated heterocycles. The predicted molar refractivity (Wildman–Crippen MR) is 83.7 cm³/mol. The lowest BCUT2D eigenvalue weighted by Crippen LogP contribution is -2.56. The zero-order chi connectivity index (χ0) is 16.1. The molecule has 0 aromatic heterocycles. The van der Waals surface area contributed by atoms with Gasteiger partial charge in [-0.05, 0) is 47.6 Å². The molecule has 0 rings (SSSR count). The van der Waals surface area contributed by atoms with E-state index in [0.717, 1.165) is 0 Å². The maximum absolute atomic E-state index is 11.8. The Morgan fingerprint density at radius 1 is 1.25 bits per heavy atom. The van der Waals surface area contributed by atoms with Gasteiger partial charge >= 0.3 is 6.09 Å². The molecule has 3 atom stereocenters. The number of nitrogens with two attached hydrogens (primary N) is 1. The number of alkyl carbamates (subject to hydrolysis) is 1. The quantitative estimate of drug-likeness (QED) is 0.786. The van der Waals surface area contributed by atoms with E-state index in [2.05, 4.69) is 38.0 Å². The van der Waals surface area contributed by atoms with Crippen molar-refractivity contribution in [3.05, 3.63) is 0 Å². The fourth-order valence-electron chi connectivity index (χ4n) is 2.09. The number of carbonyl (C=O) groups excluding carboxylic acids is 1. The first kappa shape index (κ1) is 19.2. The van der Waals surface area contributed by atoms with Crippen molar-refractivity contribution in [2.75, 3.05) is 13.6 Å². The molecule has 5 nitrogen and oxygen atoms in total. The summed E-state index contributed by atoms with van der Waals surface area (Å²) in [6, 6.07) is 0.410. The predicted octanol–water partition coefficient (Wildman–Crippen LogP) is 2.20. The largest absolute Gasteiger partial charge is 0.444 e. The SMILES string of the molecule is CC(C)C(C)N(C)C(CN)C(C)NC(=O)OC(C)(C)C. The molecule has 0 aliphatic heterocycles. The average molecular weight is 287 g/mol. The van der Waals surface area contributed by atoms with Gasteiger partial charge in [0.05, 0.1) is 0 Å². The second-order valence-corrected chi connectivity index (χ2v) is 6.89. The molecule has 0 aliphatic carbocycles. The molecule has 20 heavy (non-hydrogen) atoms. The summed E-state index contributed by atoms with van der Waals surface area (Å²) in [5.41, 5.74) is 5.39. The molecular weight excluding hydrogens is 254 g/mol. The third-order valence-corrected chi connectivity index (χ3v) is 3.69. The molecule has 5 heteroatoms. The Morgan fingerprint density at radius 2 is 1.75 bits per heavy atom. The van der Waals surface area contributed by atoms with Crippen LogP contribution in [0.2, 0.25) is 0 Å². The van der Waals surface area contributed by atoms with Crippen LogP contribution in [0.1, 0.15) is 48.5 Å². The molecule has 0 aliphatic rings. The highest BCUT2D eigenvalue weighted by molar-refractivity contribution is 5.68. The third-order valence-electron chi connectivity index (χ3n) is 3.69. The number of carbonyl (C=O) groups is 1. The Morgan fingerprint density at radius 3 is 2.10 bits per heavy atom. The van der Waals surface area contributed by atoms with Crippen molar-refractivity contribution in [2.45, 2.75) is 72.2 Å². The van der Waals surface area contributed by atoms with Gasteiger partial charge in [0.2, 0.25) is 0 Å². The first-order chi connectivity index (χ1) is 8.99. The standard InChI is InChI=1S/C15H33N3O2/c1-10(2)12(4)18(8)13(9-16)11(3)17-14(19)20-15(5,6)7/h10-13H,9,16H2,1-8H3,(H,17,19). The summed E-state index contributed by atoms with van der Waals surface area (Å²) >= 11 is 0. The van der Waals surface area contributed by atoms with Gasteiger partial charge in [0, 0.05) is 24.7 Å². The second-order valence-electron chi connectivity index (χ2n) is 6.89. The molecule has 0 heterocycles. The molecule has 0 saturated carbocycles. The molecule has 0 bridgehead atoms. The van der Waals surface area contributed by atoms with Crippen molar-refractivity contribution in [1.82, 2.24) is 10.2 Å². The van der Waals surface area contributed by atoms with Gasteiger partial charge in [0.15, 0.2) is 0 Å². The van der Waals surface area contributed by atoms with Crippen molar-refractivity contribution >= 4 is 6.09 Å². The fourth-order valence-corrected chi connectivity index (χ4v) is 2.09. The van der Waals surface area contributed by atoms with Crippen molar-refractivity contribution in [3.63, 3.8) is 0 Å². The Bertz CT molecular complexity index is 300. The maximum Gasteiger partial charge on any atom is 0.407 e. The number of hydrogen-bond acceptors (Lipinski definition) is 4. The summed E-state index contributed by atoms with van der Waals surface area (Å²) in [5, 5.41) is 2.88. The zero-order valence-corrected chi connectivity index (χ0v) is 14.4. The first-order valence-electron chi connectivity index (χ1n) is 7.41. The summed E-state index contributed by atoms with van der Waals surface area (Å²) in [7, 11) is 2.05. The number of rotatable bonds is 6. The summed E-state index contributed by atoms with van der Waals surface area (Å²) < 4.78 is 5.28. The maximum atomic E-state index is 11.8. The number of likely N-dealkylation sites (N-methyl/N-ethyl adjacent to an activating group) is 1. The minimum atomic E-state index is -0.487. The summed E-state index contributed by atoms with van der Waals surface area (Å²) in [4.78, 5) is 14.1. The fraction of sp³-hybridized carbons (Fsp3) is 0.933. The van der Waals surface area contributed by atoms with Gasteiger partial charge in [0.25, 0.3) is 0 Å². The van der Waals surface area contributed by atoms with Crippen LogP contribution >= 0.6 is 0 Å². The van der Waals surface area contributed by atoms with E-state index in [-0.39, 0.29) is 12.1 Å². The van der Waals surface area contributed by atoms with E-state index < -0.39 is 11.7 Å². The lowest BCUT2D eigenvalue weighted by molar-refractivity contribution is 0.0456. The van der Waals surface area contributed by atoms with E-state index in [1.807, 2.05) is 27.7 Å². The van der Waals surface area contributed by atoms with Gasteiger partial charge in [-0.15, -0.1) is 0 Å². The molecule has 3 unspecified atom stereocenters. The van der Waals surface area contributed by atoms with Crippen LogP contribution in [0.25, 0.3) is 0 Å². The van der Waals surface area contributed by atoms with Crippen LogP contribution in [0.15, 0.2) is 0 Å². The molecule has 0 aromatic rings. The summed E-state index contributed by atoms with van der Waals surface area (Å²) in [5.74, 6) is 0.530. The number of hydrogen-bond donors (Lipinski definition) is 2. The molecule has 0 spiro atoms. The average Bonchev–Trinajstić information content (AvgIpc) is 2.25. The van der Waals surface area contributed by atoms with E-state index in [0.29, 0.717) is 18.5 Å². The van der Waals surface area contributed by atoms with Crippen molar-refractivity contribution in [2.24, 2.45) is 11.7 Å². The number of ether oxygens (including phenoxy) is 1.